The van der Waals surface area contributed by atoms with Gasteiger partial charge in [-0.1, -0.05) is 31.9 Å². The van der Waals surface area contributed by atoms with Gasteiger partial charge in [-0.3, -0.25) is 19.8 Å². The van der Waals surface area contributed by atoms with Crippen molar-refractivity contribution >= 4 is 38.3 Å². The van der Waals surface area contributed by atoms with E-state index in [9.17, 15) is 23.3 Å². The number of benzene rings is 2. The molecule has 0 atom stereocenters. The van der Waals surface area contributed by atoms with Crippen LogP contribution in [0.25, 0.3) is 11.0 Å². The van der Waals surface area contributed by atoms with E-state index in [0.29, 0.717) is 27.6 Å². The van der Waals surface area contributed by atoms with E-state index in [1.54, 1.807) is 35.5 Å². The van der Waals surface area contributed by atoms with Gasteiger partial charge in [0.05, 0.1) is 21.6 Å². The van der Waals surface area contributed by atoms with Crippen LogP contribution in [0.2, 0.25) is 0 Å². The maximum absolute atomic E-state index is 15.2. The molecule has 5 fully saturated rings. The number of piperazine rings is 1. The van der Waals surface area contributed by atoms with Gasteiger partial charge in [0.15, 0.2) is 5.75 Å². The highest BCUT2D eigenvalue weighted by Crippen LogP contribution is 2.77. The Labute approximate surface area is 355 Å². The number of aromatic nitrogens is 2. The van der Waals surface area contributed by atoms with Crippen molar-refractivity contribution in [1.82, 2.24) is 19.6 Å². The molecule has 2 aliphatic heterocycles. The van der Waals surface area contributed by atoms with E-state index in [1.165, 1.54) is 50.8 Å². The fourth-order valence-corrected chi connectivity index (χ4v) is 11.4. The minimum absolute atomic E-state index is 0.0675. The second-order valence-electron chi connectivity index (χ2n) is 19.0. The smallest absolute Gasteiger partial charge is 0.312 e. The van der Waals surface area contributed by atoms with Crippen molar-refractivity contribution in [3.8, 4) is 17.2 Å². The van der Waals surface area contributed by atoms with Crippen molar-refractivity contribution in [2.75, 3.05) is 57.4 Å². The Balaban J connectivity index is 0.924. The lowest BCUT2D eigenvalue weighted by molar-refractivity contribution is -0.386. The van der Waals surface area contributed by atoms with E-state index in [0.717, 1.165) is 62.0 Å². The number of nitro benzene ring substituents is 1. The summed E-state index contributed by atoms with van der Waals surface area (Å²) in [6.45, 7) is 11.5. The number of allylic oxidation sites excluding steroid dienone is 1. The molecule has 16 heteroatoms. The molecule has 0 spiro atoms. The summed E-state index contributed by atoms with van der Waals surface area (Å²) < 4.78 is 61.5. The topological polar surface area (TPSA) is 169 Å². The zero-order valence-corrected chi connectivity index (χ0v) is 35.7. The first kappa shape index (κ1) is 41.3. The zero-order valence-electron chi connectivity index (χ0n) is 34.9. The third-order valence-corrected chi connectivity index (χ3v) is 15.0. The third-order valence-electron chi connectivity index (χ3n) is 13.6. The average molecular weight is 857 g/mol. The fourth-order valence-electron chi connectivity index (χ4n) is 10.5. The van der Waals surface area contributed by atoms with Gasteiger partial charge in [-0.25, -0.2) is 22.5 Å². The molecule has 4 aromatic rings. The van der Waals surface area contributed by atoms with Crippen LogP contribution in [0.3, 0.4) is 0 Å². The normalized spacial score (nSPS) is 24.8. The van der Waals surface area contributed by atoms with Crippen LogP contribution in [-0.2, 0) is 14.8 Å². The van der Waals surface area contributed by atoms with Crippen LogP contribution in [0, 0.1) is 26.4 Å². The Bertz CT molecular complexity index is 2500. The molecule has 2 aromatic heterocycles. The molecule has 324 valence electrons. The second kappa shape index (κ2) is 15.4. The van der Waals surface area contributed by atoms with Crippen LogP contribution in [-0.4, -0.2) is 92.3 Å². The number of amides is 1. The lowest BCUT2D eigenvalue weighted by atomic mass is 9.33. The Morgan fingerprint density at radius 3 is 2.48 bits per heavy atom. The number of pyridine rings is 1. The number of ether oxygens (including phenoxy) is 3. The highest BCUT2D eigenvalue weighted by molar-refractivity contribution is 7.90. The molecule has 10 rings (SSSR count). The summed E-state index contributed by atoms with van der Waals surface area (Å²) in [5, 5.41) is 12.8. The predicted octanol–water partition coefficient (Wildman–Crippen LogP) is 8.10. The Hall–Kier alpha value is -5.06. The quantitative estimate of drug-likeness (QED) is 0.0757. The molecule has 4 aliphatic carbocycles. The van der Waals surface area contributed by atoms with E-state index in [1.807, 2.05) is 6.07 Å². The predicted molar refractivity (Wildman–Crippen MR) is 227 cm³/mol. The number of sulfonamides is 1. The van der Waals surface area contributed by atoms with Gasteiger partial charge in [0.25, 0.3) is 15.9 Å². The number of fused-ring (bicyclic) bond motifs is 1. The summed E-state index contributed by atoms with van der Waals surface area (Å²) in [6, 6.07) is 11.6. The van der Waals surface area contributed by atoms with Crippen LogP contribution < -0.4 is 19.1 Å². The summed E-state index contributed by atoms with van der Waals surface area (Å²) in [7, 11) is -4.65. The fraction of sp³-hybridized carbons (Fsp3) is 0.511. The molecule has 2 bridgehead atoms. The number of halogens is 1. The van der Waals surface area contributed by atoms with Crippen molar-refractivity contribution in [3.05, 3.63) is 87.7 Å². The van der Waals surface area contributed by atoms with Crippen LogP contribution in [0.1, 0.15) is 82.5 Å². The monoisotopic (exact) mass is 856 g/mol. The number of H-pyrrole nitrogens is 1. The van der Waals surface area contributed by atoms with E-state index in [-0.39, 0.29) is 43.1 Å². The van der Waals surface area contributed by atoms with Gasteiger partial charge in [-0.2, -0.15) is 0 Å². The number of hydrogen-bond acceptors (Lipinski definition) is 11. The number of rotatable bonds is 13. The molecular formula is C45H53FN6O8S. The minimum atomic E-state index is -4.65. The van der Waals surface area contributed by atoms with Crippen LogP contribution in [0.5, 0.6) is 17.2 Å². The van der Waals surface area contributed by atoms with Gasteiger partial charge in [-0.15, -0.1) is 0 Å². The summed E-state index contributed by atoms with van der Waals surface area (Å²) in [5.74, 6) is -0.844. The average Bonchev–Trinajstić information content (AvgIpc) is 3.67. The highest BCUT2D eigenvalue weighted by Gasteiger charge is 2.66. The van der Waals surface area contributed by atoms with Crippen LogP contribution in [0.15, 0.2) is 77.0 Å². The van der Waals surface area contributed by atoms with Gasteiger partial charge in [0.1, 0.15) is 29.4 Å². The minimum Gasteiger partial charge on any atom is -0.483 e. The number of alkyl halides is 1. The first-order valence-electron chi connectivity index (χ1n) is 21.2. The maximum Gasteiger partial charge on any atom is 0.312 e. The molecular weight excluding hydrogens is 804 g/mol. The summed E-state index contributed by atoms with van der Waals surface area (Å²) in [5.41, 5.74) is 3.73. The lowest BCUT2D eigenvalue weighted by Crippen LogP contribution is -2.61. The SMILES string of the molecule is CC1(C)CCC(CN2CCN(c3ccc(C(=O)NS(=O)(=O)c4ccc(OCC5(F)CCOCC5)c([N+](=O)[O-])c4)c(Oc4cnc5[nH]ccc5c4)c3)CC2)=C(C23CC(C)(C2)C3)C1. The molecule has 2 N–H and O–H groups in total. The van der Waals surface area contributed by atoms with Crippen molar-refractivity contribution in [1.29, 1.82) is 0 Å². The van der Waals surface area contributed by atoms with Crippen molar-refractivity contribution < 1.29 is 36.7 Å². The van der Waals surface area contributed by atoms with Gasteiger partial charge < -0.3 is 24.1 Å². The molecule has 0 unspecified atom stereocenters. The number of carbonyl (C=O) groups is 1. The zero-order chi connectivity index (χ0) is 42.8. The summed E-state index contributed by atoms with van der Waals surface area (Å²) >= 11 is 0. The summed E-state index contributed by atoms with van der Waals surface area (Å²) in [4.78, 5) is 36.8. The second-order valence-corrected chi connectivity index (χ2v) is 20.7. The lowest BCUT2D eigenvalue weighted by Gasteiger charge is -2.72. The van der Waals surface area contributed by atoms with E-state index in [2.05, 4.69) is 45.3 Å². The van der Waals surface area contributed by atoms with Crippen molar-refractivity contribution in [2.45, 2.75) is 82.7 Å². The molecule has 2 saturated heterocycles. The van der Waals surface area contributed by atoms with Gasteiger partial charge in [0, 0.05) is 88.2 Å². The standard InChI is InChI=1S/C45H53FN6O8S/c1-42(2)10-8-31(36(23-42)44-26-43(3,27-44)28-44)25-50-14-16-51(17-15-50)32-4-6-35(39(21-32)60-33-20-30-9-13-47-40(30)48-24-33)41(53)49-61(56,57)34-5-7-38(37(22-34)52(54)55)59-29-45(46)11-18-58-19-12-45/h4-7,9,13,20-22,24H,8,10-12,14-19,23,25-29H2,1-3H3,(H,47,48)(H,49,53). The van der Waals surface area contributed by atoms with Crippen molar-refractivity contribution in [2.24, 2.45) is 16.2 Å². The molecule has 1 amide bonds. The molecule has 3 saturated carbocycles. The molecule has 0 radical (unpaired) electrons. The van der Waals surface area contributed by atoms with Crippen molar-refractivity contribution in [3.63, 3.8) is 0 Å². The number of nitrogens with one attached hydrogen (secondary N) is 2. The highest BCUT2D eigenvalue weighted by atomic mass is 32.2. The largest absolute Gasteiger partial charge is 0.483 e. The van der Waals surface area contributed by atoms with E-state index in [4.69, 9.17) is 14.2 Å². The van der Waals surface area contributed by atoms with Gasteiger partial charge in [-0.05, 0) is 91.2 Å². The Morgan fingerprint density at radius 1 is 1.00 bits per heavy atom. The Morgan fingerprint density at radius 2 is 1.75 bits per heavy atom. The number of hydrogen-bond donors (Lipinski definition) is 2. The maximum atomic E-state index is 15.2. The van der Waals surface area contributed by atoms with Crippen LogP contribution in [0.4, 0.5) is 15.8 Å². The van der Waals surface area contributed by atoms with Gasteiger partial charge >= 0.3 is 5.69 Å². The Kier molecular flexibility index (Phi) is 10.4. The molecule has 6 aliphatic rings. The number of nitrogens with zero attached hydrogens (tertiary/aromatic N) is 4. The number of nitro groups is 1. The summed E-state index contributed by atoms with van der Waals surface area (Å²) in [6.07, 6.45) is 11.0. The molecule has 2 aromatic carbocycles. The number of anilines is 1. The molecule has 14 nitrogen and oxygen atoms in total. The van der Waals surface area contributed by atoms with Gasteiger partial charge in [0.2, 0.25) is 0 Å². The van der Waals surface area contributed by atoms with Crippen LogP contribution >= 0.6 is 0 Å². The first-order valence-corrected chi connectivity index (χ1v) is 22.7. The number of carbonyl (C=O) groups excluding carboxylic acids is 1. The van der Waals surface area contributed by atoms with E-state index < -0.39 is 43.7 Å². The van der Waals surface area contributed by atoms with E-state index >= 15 is 4.39 Å². The first-order chi connectivity index (χ1) is 29.0. The molecule has 4 heterocycles. The number of aromatic amines is 1. The third kappa shape index (κ3) is 8.33. The molecule has 61 heavy (non-hydrogen) atoms.